The molecule has 126 valence electrons. The highest BCUT2D eigenvalue weighted by Crippen LogP contribution is 2.22. The predicted molar refractivity (Wildman–Crippen MR) is 81.0 cm³/mol. The van der Waals surface area contributed by atoms with Crippen molar-refractivity contribution in [2.45, 2.75) is 26.0 Å². The summed E-state index contributed by atoms with van der Waals surface area (Å²) < 4.78 is 37.7. The lowest BCUT2D eigenvalue weighted by molar-refractivity contribution is 0.0699. The van der Waals surface area contributed by atoms with E-state index in [-0.39, 0.29) is 17.4 Å². The van der Waals surface area contributed by atoms with Crippen LogP contribution in [0.5, 0.6) is 5.75 Å². The van der Waals surface area contributed by atoms with Gasteiger partial charge in [-0.3, -0.25) is 0 Å². The molecular formula is C16H20F2N2O3. The van der Waals surface area contributed by atoms with Crippen LogP contribution < -0.4 is 10.1 Å². The molecule has 1 amide bonds. The van der Waals surface area contributed by atoms with Crippen LogP contribution in [-0.2, 0) is 11.3 Å². The van der Waals surface area contributed by atoms with E-state index in [0.29, 0.717) is 19.6 Å². The largest absolute Gasteiger partial charge is 0.465 e. The lowest BCUT2D eigenvalue weighted by atomic mass is 10.1. The van der Waals surface area contributed by atoms with E-state index in [0.717, 1.165) is 24.8 Å². The van der Waals surface area contributed by atoms with Gasteiger partial charge in [-0.25, -0.2) is 13.6 Å². The molecule has 0 bridgehead atoms. The van der Waals surface area contributed by atoms with Crippen LogP contribution in [0.3, 0.4) is 0 Å². The number of hydrogen-bond donors (Lipinski definition) is 1. The zero-order chi connectivity index (χ0) is 16.8. The van der Waals surface area contributed by atoms with E-state index in [1.165, 1.54) is 0 Å². The molecule has 0 aliphatic carbocycles. The summed E-state index contributed by atoms with van der Waals surface area (Å²) in [6, 6.07) is 2.07. The second-order valence-corrected chi connectivity index (χ2v) is 5.16. The highest BCUT2D eigenvalue weighted by atomic mass is 19.1. The summed E-state index contributed by atoms with van der Waals surface area (Å²) in [7, 11) is 0. The van der Waals surface area contributed by atoms with Crippen LogP contribution >= 0.6 is 0 Å². The van der Waals surface area contributed by atoms with Gasteiger partial charge in [0.05, 0.1) is 11.8 Å². The third kappa shape index (κ3) is 4.19. The zero-order valence-electron chi connectivity index (χ0n) is 13.0. The monoisotopic (exact) mass is 326 g/mol. The van der Waals surface area contributed by atoms with Crippen LogP contribution in [0.4, 0.5) is 13.6 Å². The third-order valence-corrected chi connectivity index (χ3v) is 3.73. The van der Waals surface area contributed by atoms with Gasteiger partial charge in [0.25, 0.3) is 0 Å². The second kappa shape index (κ2) is 7.92. The first-order valence-corrected chi connectivity index (χ1v) is 7.46. The van der Waals surface area contributed by atoms with Gasteiger partial charge in [-0.15, -0.1) is 0 Å². The van der Waals surface area contributed by atoms with Crippen molar-refractivity contribution in [3.8, 4) is 5.75 Å². The van der Waals surface area contributed by atoms with Crippen molar-refractivity contribution in [1.29, 1.82) is 0 Å². The normalized spacial score (nSPS) is 17.7. The number of amides is 1. The van der Waals surface area contributed by atoms with Crippen LogP contribution in [0.15, 0.2) is 25.0 Å². The number of hydrogen-bond acceptors (Lipinski definition) is 4. The van der Waals surface area contributed by atoms with Crippen LogP contribution in [-0.4, -0.2) is 36.7 Å². The highest BCUT2D eigenvalue weighted by molar-refractivity contribution is 5.68. The number of nitrogens with zero attached hydrogens (tertiary/aromatic N) is 1. The fourth-order valence-electron chi connectivity index (χ4n) is 2.46. The maximum atomic E-state index is 13.9. The predicted octanol–water partition coefficient (Wildman–Crippen LogP) is 2.81. The number of halogens is 2. The maximum Gasteiger partial charge on any atom is 0.410 e. The highest BCUT2D eigenvalue weighted by Gasteiger charge is 2.26. The molecule has 0 saturated carbocycles. The van der Waals surface area contributed by atoms with Gasteiger partial charge in [-0.05, 0) is 6.42 Å². The van der Waals surface area contributed by atoms with Gasteiger partial charge < -0.3 is 19.7 Å². The Morgan fingerprint density at radius 2 is 2.17 bits per heavy atom. The van der Waals surface area contributed by atoms with E-state index in [1.807, 2.05) is 6.92 Å². The Morgan fingerprint density at radius 1 is 1.48 bits per heavy atom. The Kier molecular flexibility index (Phi) is 5.92. The van der Waals surface area contributed by atoms with Gasteiger partial charge >= 0.3 is 6.09 Å². The maximum absolute atomic E-state index is 13.9. The van der Waals surface area contributed by atoms with Gasteiger partial charge in [0.2, 0.25) is 0 Å². The van der Waals surface area contributed by atoms with Crippen molar-refractivity contribution in [3.63, 3.8) is 0 Å². The number of piperazine rings is 1. The lowest BCUT2D eigenvalue weighted by Gasteiger charge is -2.34. The van der Waals surface area contributed by atoms with Crippen LogP contribution in [0.1, 0.15) is 18.9 Å². The minimum Gasteiger partial charge on any atom is -0.465 e. The topological polar surface area (TPSA) is 50.8 Å². The van der Waals surface area contributed by atoms with Crippen molar-refractivity contribution in [2.24, 2.45) is 0 Å². The van der Waals surface area contributed by atoms with E-state index in [1.54, 1.807) is 4.90 Å². The molecule has 5 nitrogen and oxygen atoms in total. The fraction of sp³-hybridized carbons (Fsp3) is 0.438. The summed E-state index contributed by atoms with van der Waals surface area (Å²) in [6.07, 6.45) is 1.28. The molecular weight excluding hydrogens is 306 g/mol. The third-order valence-electron chi connectivity index (χ3n) is 3.73. The van der Waals surface area contributed by atoms with Gasteiger partial charge in [0, 0.05) is 37.8 Å². The van der Waals surface area contributed by atoms with Gasteiger partial charge in [0.1, 0.15) is 24.0 Å². The molecule has 1 saturated heterocycles. The molecule has 1 N–H and O–H groups in total. The molecule has 7 heteroatoms. The Bertz CT molecular complexity index is 557. The van der Waals surface area contributed by atoms with Gasteiger partial charge in [-0.1, -0.05) is 13.5 Å². The first-order valence-electron chi connectivity index (χ1n) is 7.46. The number of nitrogens with one attached hydrogen (secondary N) is 1. The molecule has 2 rings (SSSR count). The molecule has 0 radical (unpaired) electrons. The van der Waals surface area contributed by atoms with Crippen molar-refractivity contribution in [1.82, 2.24) is 10.2 Å². The summed E-state index contributed by atoms with van der Waals surface area (Å²) in [4.78, 5) is 13.7. The summed E-state index contributed by atoms with van der Waals surface area (Å²) in [5, 5.41) is 3.19. The van der Waals surface area contributed by atoms with Gasteiger partial charge in [-0.2, -0.15) is 0 Å². The first kappa shape index (κ1) is 17.2. The number of carbonyl (C=O) groups excluding carboxylic acids is 1. The summed E-state index contributed by atoms with van der Waals surface area (Å²) in [6.45, 7) is 6.68. The molecule has 1 aliphatic rings. The Balaban J connectivity index is 2.02. The molecule has 1 aliphatic heterocycles. The Morgan fingerprint density at radius 3 is 2.78 bits per heavy atom. The standard InChI is InChI=1S/C16H20F2N2O3/c1-3-11-9-19-5-6-20(11)16(21)23-10-13-14(17)7-12(22-4-2)8-15(13)18/h4,7-8,11,19H,2-3,5-6,9-10H2,1H3. The smallest absolute Gasteiger partial charge is 0.410 e. The summed E-state index contributed by atoms with van der Waals surface area (Å²) in [5.74, 6) is -1.66. The van der Waals surface area contributed by atoms with Gasteiger partial charge in [0.15, 0.2) is 0 Å². The van der Waals surface area contributed by atoms with E-state index < -0.39 is 24.3 Å². The zero-order valence-corrected chi connectivity index (χ0v) is 13.0. The number of rotatable bonds is 5. The van der Waals surface area contributed by atoms with Crippen molar-refractivity contribution in [2.75, 3.05) is 19.6 Å². The first-order chi connectivity index (χ1) is 11.1. The fourth-order valence-corrected chi connectivity index (χ4v) is 2.46. The van der Waals surface area contributed by atoms with E-state index in [9.17, 15) is 13.6 Å². The SMILES string of the molecule is C=COc1cc(F)c(COC(=O)N2CCNCC2CC)c(F)c1. The number of benzene rings is 1. The summed E-state index contributed by atoms with van der Waals surface area (Å²) in [5.41, 5.74) is -0.307. The molecule has 23 heavy (non-hydrogen) atoms. The molecule has 1 unspecified atom stereocenters. The van der Waals surface area contributed by atoms with Crippen LogP contribution in [0, 0.1) is 11.6 Å². The van der Waals surface area contributed by atoms with E-state index >= 15 is 0 Å². The van der Waals surface area contributed by atoms with E-state index in [4.69, 9.17) is 9.47 Å². The van der Waals surface area contributed by atoms with Crippen LogP contribution in [0.2, 0.25) is 0 Å². The second-order valence-electron chi connectivity index (χ2n) is 5.16. The van der Waals surface area contributed by atoms with Crippen molar-refractivity contribution < 1.29 is 23.0 Å². The minimum absolute atomic E-state index is 0.00164. The summed E-state index contributed by atoms with van der Waals surface area (Å²) >= 11 is 0. The van der Waals surface area contributed by atoms with Crippen molar-refractivity contribution >= 4 is 6.09 Å². The molecule has 0 aromatic heterocycles. The molecule has 1 aromatic rings. The average molecular weight is 326 g/mol. The molecule has 1 fully saturated rings. The average Bonchev–Trinajstić information content (AvgIpc) is 2.54. The molecule has 1 heterocycles. The van der Waals surface area contributed by atoms with Crippen molar-refractivity contribution in [3.05, 3.63) is 42.2 Å². The molecule has 1 aromatic carbocycles. The molecule has 1 atom stereocenters. The number of carbonyl (C=O) groups is 1. The minimum atomic E-state index is -0.831. The Hall–Kier alpha value is -2.15. The lowest BCUT2D eigenvalue weighted by Crippen LogP contribution is -2.53. The quantitative estimate of drug-likeness (QED) is 0.846. The Labute approximate surface area is 133 Å². The molecule has 0 spiro atoms. The van der Waals surface area contributed by atoms with E-state index in [2.05, 4.69) is 11.9 Å². The van der Waals surface area contributed by atoms with Crippen LogP contribution in [0.25, 0.3) is 0 Å². The number of ether oxygens (including phenoxy) is 2.